The van der Waals surface area contributed by atoms with Gasteiger partial charge in [-0.15, -0.1) is 0 Å². The molecule has 2 aromatic rings. The summed E-state index contributed by atoms with van der Waals surface area (Å²) in [5.41, 5.74) is 6.49. The number of aromatic nitrogens is 2. The van der Waals surface area contributed by atoms with Gasteiger partial charge in [-0.3, -0.25) is 0 Å². The van der Waals surface area contributed by atoms with Crippen LogP contribution in [-0.4, -0.2) is 9.97 Å². The zero-order chi connectivity index (χ0) is 10.7. The molecule has 0 bridgehead atoms. The molecule has 3 N–H and O–H groups in total. The van der Waals surface area contributed by atoms with Crippen LogP contribution in [0.3, 0.4) is 0 Å². The molecule has 0 saturated heterocycles. The van der Waals surface area contributed by atoms with E-state index < -0.39 is 0 Å². The predicted molar refractivity (Wildman–Crippen MR) is 65.2 cm³/mol. The molecule has 2 aromatic heterocycles. The number of hydrogen-bond acceptors (Lipinski definition) is 5. The van der Waals surface area contributed by atoms with Crippen molar-refractivity contribution in [3.8, 4) is 0 Å². The van der Waals surface area contributed by atoms with E-state index in [1.807, 2.05) is 6.07 Å². The van der Waals surface area contributed by atoms with Crippen molar-refractivity contribution in [1.82, 2.24) is 9.97 Å². The summed E-state index contributed by atoms with van der Waals surface area (Å²) in [5, 5.41) is 3.11. The van der Waals surface area contributed by atoms with Crippen molar-refractivity contribution in [3.05, 3.63) is 34.2 Å². The molecule has 0 aliphatic carbocycles. The fourth-order valence-corrected chi connectivity index (χ4v) is 1.55. The van der Waals surface area contributed by atoms with E-state index in [1.54, 1.807) is 12.4 Å². The lowest BCUT2D eigenvalue weighted by Gasteiger charge is -2.06. The van der Waals surface area contributed by atoms with Crippen LogP contribution in [-0.2, 0) is 6.54 Å². The van der Waals surface area contributed by atoms with Crippen LogP contribution in [0.4, 0.5) is 11.5 Å². The second kappa shape index (κ2) is 4.47. The Morgan fingerprint density at radius 3 is 3.07 bits per heavy atom. The van der Waals surface area contributed by atoms with Gasteiger partial charge >= 0.3 is 0 Å². The first-order valence-corrected chi connectivity index (χ1v) is 5.37. The van der Waals surface area contributed by atoms with Gasteiger partial charge in [0.2, 0.25) is 5.89 Å². The largest absolute Gasteiger partial charge is 0.447 e. The molecule has 6 heteroatoms. The number of anilines is 2. The molecule has 0 atom stereocenters. The number of pyridine rings is 1. The van der Waals surface area contributed by atoms with E-state index in [0.717, 1.165) is 9.26 Å². The summed E-state index contributed by atoms with van der Waals surface area (Å²) in [6.45, 7) is 0.499. The zero-order valence-corrected chi connectivity index (χ0v) is 9.93. The summed E-state index contributed by atoms with van der Waals surface area (Å²) < 4.78 is 6.11. The highest BCUT2D eigenvalue weighted by Gasteiger charge is 2.02. The minimum absolute atomic E-state index is 0.474. The van der Waals surface area contributed by atoms with E-state index in [9.17, 15) is 0 Å². The summed E-state index contributed by atoms with van der Waals surface area (Å²) in [6, 6.07) is 1.92. The van der Waals surface area contributed by atoms with Gasteiger partial charge in [0.1, 0.15) is 12.1 Å². The SMILES string of the molecule is Nc1ncc(I)cc1NCc1ncco1. The van der Waals surface area contributed by atoms with Gasteiger partial charge in [-0.05, 0) is 28.7 Å². The summed E-state index contributed by atoms with van der Waals surface area (Å²) >= 11 is 2.18. The minimum Gasteiger partial charge on any atom is -0.447 e. The second-order valence-corrected chi connectivity index (χ2v) is 4.11. The Bertz CT molecular complexity index is 443. The Kier molecular flexibility index (Phi) is 3.05. The standard InChI is InChI=1S/C9H9IN4O/c10-6-3-7(9(11)14-4-6)13-5-8-12-1-2-15-8/h1-4,13H,5H2,(H2,11,14). The molecule has 15 heavy (non-hydrogen) atoms. The number of nitrogens with zero attached hydrogens (tertiary/aromatic N) is 2. The van der Waals surface area contributed by atoms with Crippen LogP contribution in [0.2, 0.25) is 0 Å². The number of nitrogens with one attached hydrogen (secondary N) is 1. The van der Waals surface area contributed by atoms with Crippen molar-refractivity contribution in [2.45, 2.75) is 6.54 Å². The van der Waals surface area contributed by atoms with Gasteiger partial charge in [-0.1, -0.05) is 0 Å². The Morgan fingerprint density at radius 1 is 1.47 bits per heavy atom. The average molecular weight is 316 g/mol. The maximum Gasteiger partial charge on any atom is 0.213 e. The van der Waals surface area contributed by atoms with Crippen LogP contribution in [0.5, 0.6) is 0 Å². The first kappa shape index (κ1) is 10.2. The van der Waals surface area contributed by atoms with E-state index in [0.29, 0.717) is 18.3 Å². The van der Waals surface area contributed by atoms with Crippen LogP contribution < -0.4 is 11.1 Å². The van der Waals surface area contributed by atoms with Gasteiger partial charge in [-0.25, -0.2) is 9.97 Å². The van der Waals surface area contributed by atoms with Gasteiger partial charge in [0.05, 0.1) is 18.4 Å². The third kappa shape index (κ3) is 2.58. The van der Waals surface area contributed by atoms with Gasteiger partial charge in [0.25, 0.3) is 0 Å². The summed E-state index contributed by atoms with van der Waals surface area (Å²) in [6.07, 6.45) is 4.85. The van der Waals surface area contributed by atoms with Crippen molar-refractivity contribution in [3.63, 3.8) is 0 Å². The van der Waals surface area contributed by atoms with Crippen LogP contribution >= 0.6 is 22.6 Å². The first-order chi connectivity index (χ1) is 7.25. The monoisotopic (exact) mass is 316 g/mol. The third-order valence-electron chi connectivity index (χ3n) is 1.80. The number of nitrogens with two attached hydrogens (primary N) is 1. The Hall–Kier alpha value is -1.31. The molecule has 0 aliphatic heterocycles. The summed E-state index contributed by atoms with van der Waals surface area (Å²) in [7, 11) is 0. The van der Waals surface area contributed by atoms with Crippen LogP contribution in [0.15, 0.2) is 29.1 Å². The number of hydrogen-bond donors (Lipinski definition) is 2. The second-order valence-electron chi connectivity index (χ2n) is 2.87. The van der Waals surface area contributed by atoms with E-state index in [1.165, 1.54) is 6.26 Å². The maximum absolute atomic E-state index is 5.70. The lowest BCUT2D eigenvalue weighted by molar-refractivity contribution is 0.504. The number of nitrogen functional groups attached to an aromatic ring is 1. The van der Waals surface area contributed by atoms with Crippen molar-refractivity contribution in [2.24, 2.45) is 0 Å². The van der Waals surface area contributed by atoms with Crippen molar-refractivity contribution >= 4 is 34.1 Å². The molecular formula is C9H9IN4O. The van der Waals surface area contributed by atoms with Gasteiger partial charge in [-0.2, -0.15) is 0 Å². The molecule has 78 valence electrons. The van der Waals surface area contributed by atoms with Crippen LogP contribution in [0.1, 0.15) is 5.89 Å². The highest BCUT2D eigenvalue weighted by Crippen LogP contribution is 2.18. The highest BCUT2D eigenvalue weighted by molar-refractivity contribution is 14.1. The van der Waals surface area contributed by atoms with Gasteiger partial charge in [0.15, 0.2) is 0 Å². The fourth-order valence-electron chi connectivity index (χ4n) is 1.10. The molecule has 0 amide bonds. The van der Waals surface area contributed by atoms with Crippen molar-refractivity contribution < 1.29 is 4.42 Å². The number of oxazole rings is 1. The number of halogens is 1. The normalized spacial score (nSPS) is 10.2. The lowest BCUT2D eigenvalue weighted by atomic mass is 10.4. The first-order valence-electron chi connectivity index (χ1n) is 4.29. The van der Waals surface area contributed by atoms with E-state index in [2.05, 4.69) is 37.9 Å². The maximum atomic E-state index is 5.70. The molecule has 0 saturated carbocycles. The van der Waals surface area contributed by atoms with Crippen LogP contribution in [0.25, 0.3) is 0 Å². The number of rotatable bonds is 3. The lowest BCUT2D eigenvalue weighted by Crippen LogP contribution is -2.04. The summed E-state index contributed by atoms with van der Waals surface area (Å²) in [5.74, 6) is 1.09. The molecule has 5 nitrogen and oxygen atoms in total. The molecule has 0 radical (unpaired) electrons. The van der Waals surface area contributed by atoms with E-state index in [-0.39, 0.29) is 0 Å². The van der Waals surface area contributed by atoms with E-state index in [4.69, 9.17) is 10.2 Å². The Morgan fingerprint density at radius 2 is 2.33 bits per heavy atom. The third-order valence-corrected chi connectivity index (χ3v) is 2.39. The molecule has 0 unspecified atom stereocenters. The molecule has 2 heterocycles. The Labute approximate surface area is 100 Å². The Balaban J connectivity index is 2.07. The molecular weight excluding hydrogens is 307 g/mol. The average Bonchev–Trinajstić information content (AvgIpc) is 2.72. The molecule has 2 rings (SSSR count). The van der Waals surface area contributed by atoms with Gasteiger partial charge in [0, 0.05) is 9.77 Å². The molecule has 0 fully saturated rings. The fraction of sp³-hybridized carbons (Fsp3) is 0.111. The summed E-state index contributed by atoms with van der Waals surface area (Å²) in [4.78, 5) is 8.03. The van der Waals surface area contributed by atoms with Crippen molar-refractivity contribution in [2.75, 3.05) is 11.1 Å². The molecule has 0 spiro atoms. The van der Waals surface area contributed by atoms with E-state index >= 15 is 0 Å². The quantitative estimate of drug-likeness (QED) is 0.846. The topological polar surface area (TPSA) is 77.0 Å². The van der Waals surface area contributed by atoms with Gasteiger partial charge < -0.3 is 15.5 Å². The highest BCUT2D eigenvalue weighted by atomic mass is 127. The van der Waals surface area contributed by atoms with Crippen molar-refractivity contribution in [1.29, 1.82) is 0 Å². The zero-order valence-electron chi connectivity index (χ0n) is 7.77. The smallest absolute Gasteiger partial charge is 0.213 e. The predicted octanol–water partition coefficient (Wildman–Crippen LogP) is 1.87. The molecule has 0 aliphatic rings. The van der Waals surface area contributed by atoms with Crippen LogP contribution in [0, 0.1) is 3.57 Å². The minimum atomic E-state index is 0.474. The molecule has 0 aromatic carbocycles.